The SMILES string of the molecule is CCN(C)/C=N\c1cc(C)c(Oc2ccnc(Oc3cccc(Cl)c3C)n2)cc1C. The summed E-state index contributed by atoms with van der Waals surface area (Å²) in [5.74, 6) is 1.70. The van der Waals surface area contributed by atoms with Crippen molar-refractivity contribution in [3.63, 3.8) is 0 Å². The zero-order valence-electron chi connectivity index (χ0n) is 17.8. The predicted octanol–water partition coefficient (Wildman–Crippen LogP) is 6.25. The molecule has 1 aromatic heterocycles. The largest absolute Gasteiger partial charge is 0.439 e. The number of nitrogens with zero attached hydrogens (tertiary/aromatic N) is 4. The molecule has 0 saturated carbocycles. The summed E-state index contributed by atoms with van der Waals surface area (Å²) in [6, 6.07) is 11.3. The number of aromatic nitrogens is 2. The first-order chi connectivity index (χ1) is 14.4. The fraction of sp³-hybridized carbons (Fsp3) is 0.261. The minimum absolute atomic E-state index is 0.191. The number of aryl methyl sites for hydroxylation is 2. The van der Waals surface area contributed by atoms with E-state index < -0.39 is 0 Å². The van der Waals surface area contributed by atoms with E-state index >= 15 is 0 Å². The second-order valence-electron chi connectivity index (χ2n) is 6.97. The van der Waals surface area contributed by atoms with E-state index in [9.17, 15) is 0 Å². The van der Waals surface area contributed by atoms with Gasteiger partial charge in [-0.15, -0.1) is 0 Å². The minimum Gasteiger partial charge on any atom is -0.439 e. The van der Waals surface area contributed by atoms with Crippen LogP contribution in [-0.2, 0) is 0 Å². The van der Waals surface area contributed by atoms with Gasteiger partial charge in [0.05, 0.1) is 12.0 Å². The van der Waals surface area contributed by atoms with Gasteiger partial charge in [0.25, 0.3) is 0 Å². The van der Waals surface area contributed by atoms with Crippen molar-refractivity contribution in [1.82, 2.24) is 14.9 Å². The molecule has 0 radical (unpaired) electrons. The molecule has 30 heavy (non-hydrogen) atoms. The molecule has 2 aromatic carbocycles. The van der Waals surface area contributed by atoms with Gasteiger partial charge >= 0.3 is 6.01 Å². The molecule has 0 unspecified atom stereocenters. The summed E-state index contributed by atoms with van der Waals surface area (Å²) in [6.07, 6.45) is 3.42. The second-order valence-corrected chi connectivity index (χ2v) is 7.37. The topological polar surface area (TPSA) is 59.8 Å². The van der Waals surface area contributed by atoms with Crippen LogP contribution in [0.2, 0.25) is 5.02 Å². The van der Waals surface area contributed by atoms with Crippen LogP contribution in [0.3, 0.4) is 0 Å². The van der Waals surface area contributed by atoms with E-state index in [2.05, 4.69) is 21.9 Å². The lowest BCUT2D eigenvalue weighted by Gasteiger charge is -2.13. The third-order valence-corrected chi connectivity index (χ3v) is 5.04. The Bertz CT molecular complexity index is 1070. The average molecular weight is 425 g/mol. The van der Waals surface area contributed by atoms with Gasteiger partial charge in [0.15, 0.2) is 0 Å². The van der Waals surface area contributed by atoms with E-state index in [1.165, 1.54) is 0 Å². The van der Waals surface area contributed by atoms with E-state index in [-0.39, 0.29) is 6.01 Å². The molecule has 0 fully saturated rings. The van der Waals surface area contributed by atoms with E-state index in [4.69, 9.17) is 21.1 Å². The molecule has 7 heteroatoms. The van der Waals surface area contributed by atoms with Crippen molar-refractivity contribution in [3.8, 4) is 23.4 Å². The lowest BCUT2D eigenvalue weighted by molar-refractivity contribution is 0.408. The third-order valence-electron chi connectivity index (χ3n) is 4.63. The van der Waals surface area contributed by atoms with Crippen LogP contribution in [0, 0.1) is 20.8 Å². The number of ether oxygens (including phenoxy) is 2. The van der Waals surface area contributed by atoms with Gasteiger partial charge in [-0.1, -0.05) is 17.7 Å². The van der Waals surface area contributed by atoms with E-state index in [1.54, 1.807) is 12.3 Å². The van der Waals surface area contributed by atoms with E-state index in [0.29, 0.717) is 22.4 Å². The van der Waals surface area contributed by atoms with Gasteiger partial charge in [-0.2, -0.15) is 4.98 Å². The molecule has 1 heterocycles. The van der Waals surface area contributed by atoms with Crippen LogP contribution in [0.5, 0.6) is 23.4 Å². The highest BCUT2D eigenvalue weighted by Gasteiger charge is 2.10. The molecular weight excluding hydrogens is 400 g/mol. The Morgan fingerprint density at radius 1 is 1.07 bits per heavy atom. The standard InChI is InChI=1S/C23H25ClN4O2/c1-6-28(5)14-26-19-12-16(3)21(13-15(19)2)29-22-10-11-25-23(27-22)30-20-9-7-8-18(24)17(20)4/h7-14H,6H2,1-5H3/b26-14-. The third kappa shape index (κ3) is 5.27. The summed E-state index contributed by atoms with van der Waals surface area (Å²) in [7, 11) is 1.99. The molecule has 0 aliphatic heterocycles. The summed E-state index contributed by atoms with van der Waals surface area (Å²) in [6.45, 7) is 8.84. The highest BCUT2D eigenvalue weighted by Crippen LogP contribution is 2.32. The van der Waals surface area contributed by atoms with Crippen LogP contribution in [0.4, 0.5) is 5.69 Å². The minimum atomic E-state index is 0.191. The van der Waals surface area contributed by atoms with Crippen molar-refractivity contribution in [2.75, 3.05) is 13.6 Å². The van der Waals surface area contributed by atoms with Gasteiger partial charge in [-0.05, 0) is 63.1 Å². The molecule has 0 atom stereocenters. The summed E-state index contributed by atoms with van der Waals surface area (Å²) >= 11 is 6.15. The van der Waals surface area contributed by atoms with Crippen LogP contribution >= 0.6 is 11.6 Å². The molecule has 0 amide bonds. The maximum atomic E-state index is 6.15. The smallest absolute Gasteiger partial charge is 0.325 e. The van der Waals surface area contributed by atoms with Crippen molar-refractivity contribution in [3.05, 3.63) is 64.3 Å². The van der Waals surface area contributed by atoms with Crippen LogP contribution < -0.4 is 9.47 Å². The second kappa shape index (κ2) is 9.59. The maximum absolute atomic E-state index is 6.15. The monoisotopic (exact) mass is 424 g/mol. The first-order valence-electron chi connectivity index (χ1n) is 9.67. The number of halogens is 1. The van der Waals surface area contributed by atoms with Gasteiger partial charge < -0.3 is 14.4 Å². The van der Waals surface area contributed by atoms with Crippen LogP contribution in [0.1, 0.15) is 23.6 Å². The number of benzene rings is 2. The van der Waals surface area contributed by atoms with Crippen LogP contribution in [0.25, 0.3) is 0 Å². The Balaban J connectivity index is 1.80. The highest BCUT2D eigenvalue weighted by molar-refractivity contribution is 6.31. The fourth-order valence-electron chi connectivity index (χ4n) is 2.61. The maximum Gasteiger partial charge on any atom is 0.325 e. The first kappa shape index (κ1) is 21.6. The lowest BCUT2D eigenvalue weighted by atomic mass is 10.1. The normalized spacial score (nSPS) is 11.0. The van der Waals surface area contributed by atoms with Crippen LogP contribution in [-0.4, -0.2) is 34.8 Å². The molecule has 0 aliphatic carbocycles. The number of hydrogen-bond acceptors (Lipinski definition) is 5. The molecule has 3 rings (SSSR count). The molecule has 3 aromatic rings. The van der Waals surface area contributed by atoms with Gasteiger partial charge in [0.1, 0.15) is 11.5 Å². The lowest BCUT2D eigenvalue weighted by Crippen LogP contribution is -2.14. The molecule has 0 saturated heterocycles. The van der Waals surface area contributed by atoms with Gasteiger partial charge in [0.2, 0.25) is 5.88 Å². The summed E-state index contributed by atoms with van der Waals surface area (Å²) in [4.78, 5) is 15.1. The molecule has 0 N–H and O–H groups in total. The first-order valence-corrected chi connectivity index (χ1v) is 10.0. The predicted molar refractivity (Wildman–Crippen MR) is 121 cm³/mol. The van der Waals surface area contributed by atoms with E-state index in [1.807, 2.05) is 69.4 Å². The number of aliphatic imine (C=N–C) groups is 1. The van der Waals surface area contributed by atoms with E-state index in [0.717, 1.165) is 28.9 Å². The van der Waals surface area contributed by atoms with Crippen molar-refractivity contribution in [2.45, 2.75) is 27.7 Å². The summed E-state index contributed by atoms with van der Waals surface area (Å²) in [5.41, 5.74) is 3.70. The van der Waals surface area contributed by atoms with Gasteiger partial charge in [0, 0.05) is 36.4 Å². The molecule has 0 spiro atoms. The highest BCUT2D eigenvalue weighted by atomic mass is 35.5. The molecule has 0 aliphatic rings. The molecule has 0 bridgehead atoms. The zero-order chi connectivity index (χ0) is 21.7. The van der Waals surface area contributed by atoms with Crippen molar-refractivity contribution in [1.29, 1.82) is 0 Å². The Morgan fingerprint density at radius 3 is 2.63 bits per heavy atom. The van der Waals surface area contributed by atoms with Gasteiger partial charge in [-0.25, -0.2) is 9.98 Å². The Hall–Kier alpha value is -3.12. The van der Waals surface area contributed by atoms with Crippen molar-refractivity contribution >= 4 is 23.6 Å². The average Bonchev–Trinajstić information content (AvgIpc) is 2.73. The quantitative estimate of drug-likeness (QED) is 0.331. The van der Waals surface area contributed by atoms with Crippen molar-refractivity contribution < 1.29 is 9.47 Å². The number of hydrogen-bond donors (Lipinski definition) is 0. The molecule has 6 nitrogen and oxygen atoms in total. The Labute approximate surface area is 182 Å². The molecular formula is C23H25ClN4O2. The van der Waals surface area contributed by atoms with Crippen LogP contribution in [0.15, 0.2) is 47.6 Å². The Kier molecular flexibility index (Phi) is 6.90. The zero-order valence-corrected chi connectivity index (χ0v) is 18.6. The van der Waals surface area contributed by atoms with Crippen molar-refractivity contribution in [2.24, 2.45) is 4.99 Å². The Morgan fingerprint density at radius 2 is 1.87 bits per heavy atom. The fourth-order valence-corrected chi connectivity index (χ4v) is 2.77. The molecule has 156 valence electrons. The summed E-state index contributed by atoms with van der Waals surface area (Å²) < 4.78 is 11.8. The number of rotatable bonds is 7. The summed E-state index contributed by atoms with van der Waals surface area (Å²) in [5, 5.41) is 0.624. The van der Waals surface area contributed by atoms with Gasteiger partial charge in [-0.3, -0.25) is 0 Å².